The zero-order valence-electron chi connectivity index (χ0n) is 14.6. The number of hydrogen-bond donors (Lipinski definition) is 0. The molecule has 0 spiro atoms. The normalized spacial score (nSPS) is 15.1. The summed E-state index contributed by atoms with van der Waals surface area (Å²) in [6, 6.07) is 10.0. The number of hydrogen-bond acceptors (Lipinski definition) is 6. The van der Waals surface area contributed by atoms with E-state index < -0.39 is 0 Å². The number of amides is 1. The lowest BCUT2D eigenvalue weighted by Gasteiger charge is -2.22. The van der Waals surface area contributed by atoms with Gasteiger partial charge in [-0.05, 0) is 47.4 Å². The molecule has 0 unspecified atom stereocenters. The molecule has 1 fully saturated rings. The minimum Gasteiger partial charge on any atom is -0.338 e. The molecule has 0 atom stereocenters. The Morgan fingerprint density at radius 1 is 1.08 bits per heavy atom. The van der Waals surface area contributed by atoms with E-state index in [1.165, 1.54) is 5.56 Å². The minimum atomic E-state index is 0.103. The van der Waals surface area contributed by atoms with Gasteiger partial charge in [0.15, 0.2) is 0 Å². The highest BCUT2D eigenvalue weighted by atomic mass is 32.1. The highest BCUT2D eigenvalue weighted by Crippen LogP contribution is 2.19. The maximum atomic E-state index is 12.6. The average molecular weight is 368 g/mol. The van der Waals surface area contributed by atoms with Gasteiger partial charge in [-0.1, -0.05) is 22.8 Å². The molecule has 3 heterocycles. The fourth-order valence-corrected chi connectivity index (χ4v) is 3.75. The van der Waals surface area contributed by atoms with Gasteiger partial charge in [0, 0.05) is 31.6 Å². The van der Waals surface area contributed by atoms with Gasteiger partial charge in [-0.15, -0.1) is 0 Å². The third-order valence-electron chi connectivity index (χ3n) is 4.57. The SMILES string of the molecule is Cc1ccc(-n2nnnc2N2CCCN(C(=O)c3ccsc3)CC2)cc1. The number of thiophene rings is 1. The van der Waals surface area contributed by atoms with Crippen LogP contribution in [0.4, 0.5) is 5.95 Å². The molecule has 134 valence electrons. The molecule has 26 heavy (non-hydrogen) atoms. The minimum absolute atomic E-state index is 0.103. The molecule has 0 aliphatic carbocycles. The van der Waals surface area contributed by atoms with Gasteiger partial charge in [-0.2, -0.15) is 16.0 Å². The second-order valence-corrected chi connectivity index (χ2v) is 7.15. The van der Waals surface area contributed by atoms with Crippen LogP contribution in [0, 0.1) is 6.92 Å². The van der Waals surface area contributed by atoms with E-state index in [1.54, 1.807) is 16.0 Å². The first-order chi connectivity index (χ1) is 12.7. The molecule has 4 rings (SSSR count). The van der Waals surface area contributed by atoms with E-state index in [1.807, 2.05) is 46.0 Å². The van der Waals surface area contributed by atoms with E-state index in [2.05, 4.69) is 27.3 Å². The molecule has 8 heteroatoms. The quantitative estimate of drug-likeness (QED) is 0.710. The molecule has 3 aromatic rings. The van der Waals surface area contributed by atoms with Crippen molar-refractivity contribution in [2.75, 3.05) is 31.1 Å². The third kappa shape index (κ3) is 3.32. The zero-order chi connectivity index (χ0) is 17.9. The first-order valence-electron chi connectivity index (χ1n) is 8.64. The van der Waals surface area contributed by atoms with Gasteiger partial charge in [-0.25, -0.2) is 0 Å². The van der Waals surface area contributed by atoms with Gasteiger partial charge in [0.05, 0.1) is 11.3 Å². The summed E-state index contributed by atoms with van der Waals surface area (Å²) < 4.78 is 1.76. The molecule has 1 aromatic carbocycles. The molecule has 1 saturated heterocycles. The zero-order valence-corrected chi connectivity index (χ0v) is 15.4. The van der Waals surface area contributed by atoms with Crippen molar-refractivity contribution >= 4 is 23.2 Å². The summed E-state index contributed by atoms with van der Waals surface area (Å²) >= 11 is 1.55. The van der Waals surface area contributed by atoms with Crippen LogP contribution >= 0.6 is 11.3 Å². The first kappa shape index (κ1) is 16.7. The molecular weight excluding hydrogens is 348 g/mol. The molecule has 1 aliphatic heterocycles. The Bertz CT molecular complexity index is 873. The number of benzene rings is 1. The number of aromatic nitrogens is 4. The van der Waals surface area contributed by atoms with Crippen LogP contribution in [0.5, 0.6) is 0 Å². The Kier molecular flexibility index (Phi) is 4.66. The van der Waals surface area contributed by atoms with Crippen molar-refractivity contribution in [3.63, 3.8) is 0 Å². The fraction of sp³-hybridized carbons (Fsp3) is 0.333. The Labute approximate surface area is 155 Å². The molecule has 0 bridgehead atoms. The molecule has 1 aliphatic rings. The summed E-state index contributed by atoms with van der Waals surface area (Å²) in [7, 11) is 0. The molecule has 2 aromatic heterocycles. The summed E-state index contributed by atoms with van der Waals surface area (Å²) in [6.07, 6.45) is 0.886. The van der Waals surface area contributed by atoms with E-state index >= 15 is 0 Å². The van der Waals surface area contributed by atoms with Gasteiger partial charge < -0.3 is 9.80 Å². The molecule has 0 saturated carbocycles. The van der Waals surface area contributed by atoms with Crippen LogP contribution in [0.3, 0.4) is 0 Å². The van der Waals surface area contributed by atoms with E-state index in [4.69, 9.17) is 0 Å². The van der Waals surface area contributed by atoms with Crippen molar-refractivity contribution < 1.29 is 4.79 Å². The van der Waals surface area contributed by atoms with E-state index in [0.29, 0.717) is 13.1 Å². The number of carbonyl (C=O) groups is 1. The van der Waals surface area contributed by atoms with Crippen molar-refractivity contribution in [2.24, 2.45) is 0 Å². The first-order valence-corrected chi connectivity index (χ1v) is 9.58. The number of tetrazole rings is 1. The number of rotatable bonds is 3. The van der Waals surface area contributed by atoms with Crippen molar-refractivity contribution in [3.8, 4) is 5.69 Å². The largest absolute Gasteiger partial charge is 0.338 e. The van der Waals surface area contributed by atoms with E-state index in [9.17, 15) is 4.79 Å². The lowest BCUT2D eigenvalue weighted by molar-refractivity contribution is 0.0767. The van der Waals surface area contributed by atoms with Crippen molar-refractivity contribution in [1.29, 1.82) is 0 Å². The fourth-order valence-electron chi connectivity index (χ4n) is 3.12. The summed E-state index contributed by atoms with van der Waals surface area (Å²) in [4.78, 5) is 16.7. The van der Waals surface area contributed by atoms with Crippen LogP contribution in [-0.2, 0) is 0 Å². The van der Waals surface area contributed by atoms with Gasteiger partial charge >= 0.3 is 0 Å². The smallest absolute Gasteiger partial charge is 0.254 e. The van der Waals surface area contributed by atoms with Crippen molar-refractivity contribution in [1.82, 2.24) is 25.1 Å². The molecule has 0 radical (unpaired) electrons. The van der Waals surface area contributed by atoms with Crippen LogP contribution in [-0.4, -0.2) is 57.2 Å². The maximum absolute atomic E-state index is 12.6. The predicted molar refractivity (Wildman–Crippen MR) is 101 cm³/mol. The van der Waals surface area contributed by atoms with Crippen LogP contribution < -0.4 is 4.90 Å². The van der Waals surface area contributed by atoms with Gasteiger partial charge in [0.1, 0.15) is 0 Å². The van der Waals surface area contributed by atoms with Crippen molar-refractivity contribution in [2.45, 2.75) is 13.3 Å². The number of nitrogens with zero attached hydrogens (tertiary/aromatic N) is 6. The standard InChI is InChI=1S/C18H20N6OS/c1-14-3-5-16(6-4-14)24-18(19-20-21-24)23-9-2-8-22(10-11-23)17(25)15-7-12-26-13-15/h3-7,12-13H,2,8-11H2,1H3. The average Bonchev–Trinajstić information content (AvgIpc) is 3.30. The third-order valence-corrected chi connectivity index (χ3v) is 5.25. The summed E-state index contributed by atoms with van der Waals surface area (Å²) in [6.45, 7) is 4.99. The topological polar surface area (TPSA) is 67.2 Å². The Morgan fingerprint density at radius 3 is 2.69 bits per heavy atom. The Hall–Kier alpha value is -2.74. The number of carbonyl (C=O) groups excluding carboxylic acids is 1. The molecule has 1 amide bonds. The highest BCUT2D eigenvalue weighted by Gasteiger charge is 2.23. The van der Waals surface area contributed by atoms with Crippen LogP contribution in [0.2, 0.25) is 0 Å². The van der Waals surface area contributed by atoms with Gasteiger partial charge in [0.25, 0.3) is 5.91 Å². The van der Waals surface area contributed by atoms with Crippen molar-refractivity contribution in [3.05, 3.63) is 52.2 Å². The summed E-state index contributed by atoms with van der Waals surface area (Å²) in [5.41, 5.74) is 2.90. The number of aryl methyl sites for hydroxylation is 1. The lowest BCUT2D eigenvalue weighted by atomic mass is 10.2. The molecule has 7 nitrogen and oxygen atoms in total. The van der Waals surface area contributed by atoms with E-state index in [0.717, 1.165) is 36.7 Å². The second kappa shape index (κ2) is 7.25. The van der Waals surface area contributed by atoms with Gasteiger partial charge in [-0.3, -0.25) is 4.79 Å². The summed E-state index contributed by atoms with van der Waals surface area (Å²) in [5.74, 6) is 0.824. The Morgan fingerprint density at radius 2 is 1.92 bits per heavy atom. The van der Waals surface area contributed by atoms with Crippen LogP contribution in [0.25, 0.3) is 5.69 Å². The second-order valence-electron chi connectivity index (χ2n) is 6.37. The van der Waals surface area contributed by atoms with E-state index in [-0.39, 0.29) is 5.91 Å². The predicted octanol–water partition coefficient (Wildman–Crippen LogP) is 2.38. The summed E-state index contributed by atoms with van der Waals surface area (Å²) in [5, 5.41) is 16.1. The number of anilines is 1. The van der Waals surface area contributed by atoms with Crippen LogP contribution in [0.15, 0.2) is 41.1 Å². The van der Waals surface area contributed by atoms with Gasteiger partial charge in [0.2, 0.25) is 5.95 Å². The maximum Gasteiger partial charge on any atom is 0.254 e. The molecule has 0 N–H and O–H groups in total. The van der Waals surface area contributed by atoms with Crippen LogP contribution in [0.1, 0.15) is 22.3 Å². The monoisotopic (exact) mass is 368 g/mol. The highest BCUT2D eigenvalue weighted by molar-refractivity contribution is 7.08. The lowest BCUT2D eigenvalue weighted by Crippen LogP contribution is -2.35. The molecular formula is C18H20N6OS. The Balaban J connectivity index is 1.51.